The van der Waals surface area contributed by atoms with Crippen LogP contribution in [0.2, 0.25) is 0 Å². The van der Waals surface area contributed by atoms with Crippen LogP contribution < -0.4 is 9.62 Å². The van der Waals surface area contributed by atoms with E-state index in [0.29, 0.717) is 9.90 Å². The van der Waals surface area contributed by atoms with Crippen LogP contribution in [0.5, 0.6) is 0 Å². The largest absolute Gasteiger partial charge is 0.372 e. The van der Waals surface area contributed by atoms with Crippen LogP contribution in [0.1, 0.15) is 31.6 Å². The number of nitrogens with one attached hydrogen (secondary N) is 1. The number of anilines is 2. The second-order valence-corrected chi connectivity index (χ2v) is 9.47. The second-order valence-electron chi connectivity index (χ2n) is 6.40. The van der Waals surface area contributed by atoms with Gasteiger partial charge < -0.3 is 4.90 Å². The Kier molecular flexibility index (Phi) is 5.15. The smallest absolute Gasteiger partial charge is 0.271 e. The summed E-state index contributed by atoms with van der Waals surface area (Å²) in [6.45, 7) is 6.46. The van der Waals surface area contributed by atoms with Crippen LogP contribution in [0.4, 0.5) is 11.4 Å². The van der Waals surface area contributed by atoms with Crippen molar-refractivity contribution >= 4 is 32.7 Å². The molecular formula is C18H24N2O2S2. The number of piperidine rings is 1. The molecule has 0 radical (unpaired) electrons. The van der Waals surface area contributed by atoms with Crippen LogP contribution in [-0.2, 0) is 16.4 Å². The van der Waals surface area contributed by atoms with E-state index < -0.39 is 10.0 Å². The van der Waals surface area contributed by atoms with Gasteiger partial charge in [-0.25, -0.2) is 8.42 Å². The lowest BCUT2D eigenvalue weighted by Crippen LogP contribution is -2.32. The van der Waals surface area contributed by atoms with E-state index in [1.165, 1.54) is 24.2 Å². The number of benzene rings is 1. The highest BCUT2D eigenvalue weighted by Gasteiger charge is 2.18. The van der Waals surface area contributed by atoms with Gasteiger partial charge in [-0.15, -0.1) is 11.3 Å². The van der Waals surface area contributed by atoms with Gasteiger partial charge in [-0.2, -0.15) is 0 Å². The number of hydrogen-bond donors (Lipinski definition) is 1. The number of thiophene rings is 1. The Morgan fingerprint density at radius 3 is 2.38 bits per heavy atom. The third-order valence-corrected chi connectivity index (χ3v) is 7.62. The van der Waals surface area contributed by atoms with E-state index in [-0.39, 0.29) is 0 Å². The monoisotopic (exact) mass is 364 g/mol. The normalized spacial score (nSPS) is 16.3. The molecule has 2 aromatic rings. The average Bonchev–Trinajstić information content (AvgIpc) is 3.06. The first-order valence-corrected chi connectivity index (χ1v) is 10.7. The molecule has 1 aliphatic rings. The Balaban J connectivity index is 1.69. The molecule has 1 fully saturated rings. The Morgan fingerprint density at radius 1 is 1.12 bits per heavy atom. The zero-order valence-corrected chi connectivity index (χ0v) is 15.8. The molecule has 1 saturated heterocycles. The molecule has 0 saturated carbocycles. The lowest BCUT2D eigenvalue weighted by molar-refractivity contribution is 0.438. The zero-order chi connectivity index (χ0) is 17.2. The molecule has 3 rings (SSSR count). The molecule has 2 heterocycles. The molecule has 1 aromatic heterocycles. The van der Waals surface area contributed by atoms with Crippen molar-refractivity contribution in [3.8, 4) is 0 Å². The van der Waals surface area contributed by atoms with Crippen molar-refractivity contribution in [2.45, 2.75) is 37.3 Å². The van der Waals surface area contributed by atoms with E-state index in [4.69, 9.17) is 0 Å². The predicted molar refractivity (Wildman–Crippen MR) is 102 cm³/mol. The standard InChI is InChI=1S/C18H24N2O2S2/c1-3-17-8-9-18(23-17)24(21,22)19-15-4-6-16(7-5-15)20-12-10-14(2)11-13-20/h4-9,14,19H,3,10-13H2,1-2H3. The maximum atomic E-state index is 12.4. The molecule has 4 nitrogen and oxygen atoms in total. The highest BCUT2D eigenvalue weighted by atomic mass is 32.2. The summed E-state index contributed by atoms with van der Waals surface area (Å²) in [5.41, 5.74) is 1.77. The minimum Gasteiger partial charge on any atom is -0.372 e. The third kappa shape index (κ3) is 3.92. The number of nitrogens with zero attached hydrogens (tertiary/aromatic N) is 1. The summed E-state index contributed by atoms with van der Waals surface area (Å²) in [6, 6.07) is 11.2. The number of rotatable bonds is 5. The summed E-state index contributed by atoms with van der Waals surface area (Å²) >= 11 is 1.33. The molecule has 0 atom stereocenters. The molecule has 0 amide bonds. The van der Waals surface area contributed by atoms with Gasteiger partial charge in [0.15, 0.2) is 0 Å². The molecule has 1 aliphatic heterocycles. The first-order chi connectivity index (χ1) is 11.5. The summed E-state index contributed by atoms with van der Waals surface area (Å²) in [5.74, 6) is 0.797. The van der Waals surface area contributed by atoms with Crippen molar-refractivity contribution in [1.29, 1.82) is 0 Å². The minimum absolute atomic E-state index is 0.369. The second kappa shape index (κ2) is 7.15. The van der Waals surface area contributed by atoms with Crippen LogP contribution in [0.25, 0.3) is 0 Å². The van der Waals surface area contributed by atoms with Gasteiger partial charge in [-0.1, -0.05) is 13.8 Å². The third-order valence-electron chi connectivity index (χ3n) is 4.52. The molecule has 1 aromatic carbocycles. The zero-order valence-electron chi connectivity index (χ0n) is 14.2. The van der Waals surface area contributed by atoms with Crippen molar-refractivity contribution in [2.75, 3.05) is 22.7 Å². The number of hydrogen-bond acceptors (Lipinski definition) is 4. The van der Waals surface area contributed by atoms with Gasteiger partial charge in [0.25, 0.3) is 10.0 Å². The van der Waals surface area contributed by atoms with Crippen molar-refractivity contribution in [2.24, 2.45) is 5.92 Å². The summed E-state index contributed by atoms with van der Waals surface area (Å²) in [6.07, 6.45) is 3.28. The van der Waals surface area contributed by atoms with Crippen LogP contribution in [0, 0.1) is 5.92 Å². The molecule has 0 unspecified atom stereocenters. The molecule has 24 heavy (non-hydrogen) atoms. The Bertz CT molecular complexity index is 774. The van der Waals surface area contributed by atoms with E-state index >= 15 is 0 Å². The fraction of sp³-hybridized carbons (Fsp3) is 0.444. The first kappa shape index (κ1) is 17.3. The van der Waals surface area contributed by atoms with Crippen LogP contribution in [0.3, 0.4) is 0 Å². The van der Waals surface area contributed by atoms with E-state index in [0.717, 1.165) is 36.0 Å². The lowest BCUT2D eigenvalue weighted by Gasteiger charge is -2.32. The van der Waals surface area contributed by atoms with Crippen molar-refractivity contribution in [3.63, 3.8) is 0 Å². The molecule has 0 aliphatic carbocycles. The van der Waals surface area contributed by atoms with E-state index in [9.17, 15) is 8.42 Å². The topological polar surface area (TPSA) is 49.4 Å². The van der Waals surface area contributed by atoms with Crippen molar-refractivity contribution in [1.82, 2.24) is 0 Å². The highest BCUT2D eigenvalue weighted by molar-refractivity contribution is 7.94. The van der Waals surface area contributed by atoms with E-state index in [2.05, 4.69) is 16.5 Å². The van der Waals surface area contributed by atoms with Gasteiger partial charge in [-0.05, 0) is 61.6 Å². The highest BCUT2D eigenvalue weighted by Crippen LogP contribution is 2.27. The maximum absolute atomic E-state index is 12.4. The molecule has 130 valence electrons. The number of sulfonamides is 1. The van der Waals surface area contributed by atoms with Crippen LogP contribution >= 0.6 is 11.3 Å². The van der Waals surface area contributed by atoms with Gasteiger partial charge in [0, 0.05) is 29.3 Å². The average molecular weight is 365 g/mol. The molecule has 6 heteroatoms. The molecule has 0 bridgehead atoms. The van der Waals surface area contributed by atoms with Gasteiger partial charge in [0.2, 0.25) is 0 Å². The Morgan fingerprint density at radius 2 is 1.79 bits per heavy atom. The summed E-state index contributed by atoms with van der Waals surface area (Å²) < 4.78 is 27.9. The van der Waals surface area contributed by atoms with Gasteiger partial charge >= 0.3 is 0 Å². The molecular weight excluding hydrogens is 340 g/mol. The van der Waals surface area contributed by atoms with E-state index in [1.807, 2.05) is 37.3 Å². The van der Waals surface area contributed by atoms with Gasteiger partial charge in [0.05, 0.1) is 0 Å². The summed E-state index contributed by atoms with van der Waals surface area (Å²) in [7, 11) is -3.49. The quantitative estimate of drug-likeness (QED) is 0.858. The fourth-order valence-corrected chi connectivity index (χ4v) is 5.26. The molecule has 1 N–H and O–H groups in total. The maximum Gasteiger partial charge on any atom is 0.271 e. The van der Waals surface area contributed by atoms with Crippen molar-refractivity contribution < 1.29 is 8.42 Å². The molecule has 0 spiro atoms. The minimum atomic E-state index is -3.49. The van der Waals surface area contributed by atoms with Crippen molar-refractivity contribution in [3.05, 3.63) is 41.3 Å². The fourth-order valence-electron chi connectivity index (χ4n) is 2.91. The Labute approximate surface area is 148 Å². The lowest BCUT2D eigenvalue weighted by atomic mass is 9.99. The summed E-state index contributed by atoms with van der Waals surface area (Å²) in [4.78, 5) is 3.44. The Hall–Kier alpha value is -1.53. The van der Waals surface area contributed by atoms with Gasteiger partial charge in [0.1, 0.15) is 4.21 Å². The van der Waals surface area contributed by atoms with Gasteiger partial charge in [-0.3, -0.25) is 4.72 Å². The SMILES string of the molecule is CCc1ccc(S(=O)(=O)Nc2ccc(N3CCC(C)CC3)cc2)s1. The first-order valence-electron chi connectivity index (χ1n) is 8.44. The predicted octanol–water partition coefficient (Wildman–Crippen LogP) is 4.35. The van der Waals surface area contributed by atoms with Crippen LogP contribution in [0.15, 0.2) is 40.6 Å². The number of aryl methyl sites for hydroxylation is 1. The van der Waals surface area contributed by atoms with Crippen LogP contribution in [-0.4, -0.2) is 21.5 Å². The van der Waals surface area contributed by atoms with E-state index in [1.54, 1.807) is 6.07 Å². The summed E-state index contributed by atoms with van der Waals surface area (Å²) in [5, 5.41) is 0.